The van der Waals surface area contributed by atoms with Crippen LogP contribution in [0.3, 0.4) is 0 Å². The fraction of sp³-hybridized carbons (Fsp3) is 0.769. The van der Waals surface area contributed by atoms with Crippen molar-refractivity contribution in [2.45, 2.75) is 62.5 Å². The van der Waals surface area contributed by atoms with Crippen LogP contribution in [0.2, 0.25) is 0 Å². The van der Waals surface area contributed by atoms with E-state index in [1.165, 1.54) is 13.8 Å². The van der Waals surface area contributed by atoms with Crippen LogP contribution in [0.25, 0.3) is 0 Å². The van der Waals surface area contributed by atoms with Gasteiger partial charge in [0.25, 0.3) is 0 Å². The highest BCUT2D eigenvalue weighted by molar-refractivity contribution is 7.94. The van der Waals surface area contributed by atoms with E-state index in [-0.39, 0.29) is 5.25 Å². The van der Waals surface area contributed by atoms with Gasteiger partial charge in [0.1, 0.15) is 10.6 Å². The maximum Gasteiger partial charge on any atom is 0.247 e. The van der Waals surface area contributed by atoms with Gasteiger partial charge in [-0.2, -0.15) is 0 Å². The van der Waals surface area contributed by atoms with E-state index in [1.54, 1.807) is 0 Å². The first-order valence-electron chi connectivity index (χ1n) is 7.21. The van der Waals surface area contributed by atoms with Crippen LogP contribution in [0, 0.1) is 6.92 Å². The van der Waals surface area contributed by atoms with E-state index >= 15 is 0 Å². The predicted molar refractivity (Wildman–Crippen MR) is 77.7 cm³/mol. The van der Waals surface area contributed by atoms with Gasteiger partial charge in [-0.25, -0.2) is 8.42 Å². The molecule has 0 saturated heterocycles. The van der Waals surface area contributed by atoms with Crippen LogP contribution < -0.4 is 5.32 Å². The Morgan fingerprint density at radius 3 is 2.38 bits per heavy atom. The minimum atomic E-state index is -3.46. The topological polar surface area (TPSA) is 94.0 Å². The number of hydrogen-bond acceptors (Lipinski definition) is 5. The van der Waals surface area contributed by atoms with Gasteiger partial charge in [0.2, 0.25) is 11.9 Å². The summed E-state index contributed by atoms with van der Waals surface area (Å²) in [5, 5.41) is 10.2. The molecule has 1 aromatic heterocycles. The molecule has 0 unspecified atom stereocenters. The maximum absolute atomic E-state index is 12.4. The molecule has 1 aromatic rings. The van der Waals surface area contributed by atoms with E-state index in [4.69, 9.17) is 0 Å². The number of rotatable bonds is 5. The molecule has 0 aliphatic heterocycles. The molecule has 2 aliphatic rings. The van der Waals surface area contributed by atoms with Crippen molar-refractivity contribution >= 4 is 21.7 Å². The molecule has 1 heterocycles. The summed E-state index contributed by atoms with van der Waals surface area (Å²) in [5.74, 6) is 0.540. The quantitative estimate of drug-likeness (QED) is 0.882. The zero-order chi connectivity index (χ0) is 15.4. The third kappa shape index (κ3) is 2.35. The van der Waals surface area contributed by atoms with Gasteiger partial charge in [-0.05, 0) is 46.5 Å². The Balaban J connectivity index is 1.83. The molecule has 0 bridgehead atoms. The molecule has 0 atom stereocenters. The summed E-state index contributed by atoms with van der Waals surface area (Å²) in [5.41, 5.74) is 0. The van der Waals surface area contributed by atoms with E-state index in [0.29, 0.717) is 24.8 Å². The molecule has 2 fully saturated rings. The first kappa shape index (κ1) is 14.5. The van der Waals surface area contributed by atoms with Crippen LogP contribution >= 0.6 is 0 Å². The predicted octanol–water partition coefficient (Wildman–Crippen LogP) is 1.22. The van der Waals surface area contributed by atoms with Gasteiger partial charge < -0.3 is 0 Å². The molecule has 116 valence electrons. The van der Waals surface area contributed by atoms with Crippen LogP contribution in [-0.2, 0) is 14.6 Å². The SMILES string of the molecule is Cc1nnc(NC(=O)C(C)(C)S(=O)(=O)C2CC2)n1C1CC1. The van der Waals surface area contributed by atoms with Crippen molar-refractivity contribution in [3.05, 3.63) is 5.82 Å². The monoisotopic (exact) mass is 312 g/mol. The number of hydrogen-bond donors (Lipinski definition) is 1. The maximum atomic E-state index is 12.4. The summed E-state index contributed by atoms with van der Waals surface area (Å²) in [7, 11) is -3.46. The van der Waals surface area contributed by atoms with Crippen LogP contribution in [0.5, 0.6) is 0 Å². The molecule has 1 amide bonds. The van der Waals surface area contributed by atoms with Crippen molar-refractivity contribution in [2.75, 3.05) is 5.32 Å². The number of carbonyl (C=O) groups is 1. The lowest BCUT2D eigenvalue weighted by atomic mass is 10.2. The van der Waals surface area contributed by atoms with Gasteiger partial charge in [-0.15, -0.1) is 10.2 Å². The lowest BCUT2D eigenvalue weighted by molar-refractivity contribution is -0.117. The Kier molecular flexibility index (Phi) is 3.12. The third-order valence-electron chi connectivity index (χ3n) is 4.22. The van der Waals surface area contributed by atoms with E-state index in [1.807, 2.05) is 11.5 Å². The highest BCUT2D eigenvalue weighted by atomic mass is 32.2. The average molecular weight is 312 g/mol. The molecular weight excluding hydrogens is 292 g/mol. The van der Waals surface area contributed by atoms with Gasteiger partial charge >= 0.3 is 0 Å². The van der Waals surface area contributed by atoms with Gasteiger partial charge in [-0.1, -0.05) is 0 Å². The summed E-state index contributed by atoms with van der Waals surface area (Å²) in [4.78, 5) is 12.4. The number of anilines is 1. The smallest absolute Gasteiger partial charge is 0.247 e. The molecule has 0 aromatic carbocycles. The largest absolute Gasteiger partial charge is 0.294 e. The van der Waals surface area contributed by atoms with Crippen molar-refractivity contribution in [2.24, 2.45) is 0 Å². The van der Waals surface area contributed by atoms with Gasteiger partial charge in [-0.3, -0.25) is 14.7 Å². The van der Waals surface area contributed by atoms with Crippen molar-refractivity contribution in [3.8, 4) is 0 Å². The second kappa shape index (κ2) is 4.53. The molecule has 2 aliphatic carbocycles. The summed E-state index contributed by atoms with van der Waals surface area (Å²) in [6.07, 6.45) is 3.36. The Morgan fingerprint density at radius 1 is 1.24 bits per heavy atom. The van der Waals surface area contributed by atoms with E-state index in [0.717, 1.165) is 18.7 Å². The van der Waals surface area contributed by atoms with Crippen molar-refractivity contribution in [3.63, 3.8) is 0 Å². The molecule has 3 rings (SSSR count). The van der Waals surface area contributed by atoms with E-state index in [9.17, 15) is 13.2 Å². The average Bonchev–Trinajstić information content (AvgIpc) is 3.28. The summed E-state index contributed by atoms with van der Waals surface area (Å²) >= 11 is 0. The third-order valence-corrected chi connectivity index (χ3v) is 7.18. The Labute approximate surface area is 124 Å². The van der Waals surface area contributed by atoms with Crippen LogP contribution in [0.1, 0.15) is 51.4 Å². The summed E-state index contributed by atoms with van der Waals surface area (Å²) < 4.78 is 25.2. The van der Waals surface area contributed by atoms with Gasteiger partial charge in [0.05, 0.1) is 5.25 Å². The molecule has 2 saturated carbocycles. The van der Waals surface area contributed by atoms with Crippen LogP contribution in [-0.4, -0.2) is 39.1 Å². The van der Waals surface area contributed by atoms with Gasteiger partial charge in [0, 0.05) is 6.04 Å². The van der Waals surface area contributed by atoms with Crippen molar-refractivity contribution < 1.29 is 13.2 Å². The standard InChI is InChI=1S/C13H20N4O3S/c1-8-15-16-12(17(8)9-4-5-9)14-11(18)13(2,3)21(19,20)10-6-7-10/h9-10H,4-7H2,1-3H3,(H,14,16,18). The lowest BCUT2D eigenvalue weighted by Gasteiger charge is -2.23. The number of nitrogens with zero attached hydrogens (tertiary/aromatic N) is 3. The van der Waals surface area contributed by atoms with Crippen LogP contribution in [0.15, 0.2) is 0 Å². The lowest BCUT2D eigenvalue weighted by Crippen LogP contribution is -2.46. The normalized spacial score (nSPS) is 19.6. The van der Waals surface area contributed by atoms with Crippen molar-refractivity contribution in [1.29, 1.82) is 0 Å². The van der Waals surface area contributed by atoms with E-state index < -0.39 is 20.5 Å². The zero-order valence-corrected chi connectivity index (χ0v) is 13.3. The molecule has 0 radical (unpaired) electrons. The molecule has 8 heteroatoms. The van der Waals surface area contributed by atoms with E-state index in [2.05, 4.69) is 15.5 Å². The minimum absolute atomic E-state index is 0.318. The Bertz CT molecular complexity index is 684. The highest BCUT2D eigenvalue weighted by Crippen LogP contribution is 2.39. The number of aryl methyl sites for hydroxylation is 1. The van der Waals surface area contributed by atoms with Gasteiger partial charge in [0.15, 0.2) is 9.84 Å². The minimum Gasteiger partial charge on any atom is -0.294 e. The summed E-state index contributed by atoms with van der Waals surface area (Å²) in [6, 6.07) is 0.318. The molecule has 7 nitrogen and oxygen atoms in total. The number of amides is 1. The molecule has 21 heavy (non-hydrogen) atoms. The number of aromatic nitrogens is 3. The number of sulfone groups is 1. The molecule has 1 N–H and O–H groups in total. The Morgan fingerprint density at radius 2 is 1.86 bits per heavy atom. The highest BCUT2D eigenvalue weighted by Gasteiger charge is 2.50. The van der Waals surface area contributed by atoms with Crippen LogP contribution in [0.4, 0.5) is 5.95 Å². The van der Waals surface area contributed by atoms with Crippen molar-refractivity contribution in [1.82, 2.24) is 14.8 Å². The summed E-state index contributed by atoms with van der Waals surface area (Å²) in [6.45, 7) is 4.74. The molecular formula is C13H20N4O3S. The zero-order valence-electron chi connectivity index (χ0n) is 12.5. The fourth-order valence-corrected chi connectivity index (χ4v) is 4.30. The number of carbonyl (C=O) groups excluding carboxylic acids is 1. The number of nitrogens with one attached hydrogen (secondary N) is 1. The first-order chi connectivity index (χ1) is 9.75. The fourth-order valence-electron chi connectivity index (χ4n) is 2.40. The Hall–Kier alpha value is -1.44. The first-order valence-corrected chi connectivity index (χ1v) is 8.76. The second-order valence-electron chi connectivity index (χ2n) is 6.38. The molecule has 0 spiro atoms. The second-order valence-corrected chi connectivity index (χ2v) is 9.16.